The van der Waals surface area contributed by atoms with E-state index < -0.39 is 24.1 Å². The molecule has 1 unspecified atom stereocenters. The van der Waals surface area contributed by atoms with E-state index in [0.29, 0.717) is 0 Å². The molecule has 0 aliphatic heterocycles. The van der Waals surface area contributed by atoms with E-state index in [1.807, 2.05) is 48.5 Å². The molecule has 0 saturated heterocycles. The fourth-order valence-corrected chi connectivity index (χ4v) is 4.11. The van der Waals surface area contributed by atoms with E-state index >= 15 is 0 Å². The summed E-state index contributed by atoms with van der Waals surface area (Å²) < 4.78 is 5.39. The Morgan fingerprint density at radius 1 is 0.943 bits per heavy atom. The van der Waals surface area contributed by atoms with E-state index in [0.717, 1.165) is 34.4 Å². The maximum atomic E-state index is 12.2. The van der Waals surface area contributed by atoms with Crippen molar-refractivity contribution in [2.24, 2.45) is 0 Å². The predicted molar refractivity (Wildman–Crippen MR) is 127 cm³/mol. The van der Waals surface area contributed by atoms with Gasteiger partial charge in [-0.2, -0.15) is 0 Å². The molecule has 35 heavy (non-hydrogen) atoms. The number of carbonyl (C=O) groups excluding carboxylic acids is 2. The third-order valence-electron chi connectivity index (χ3n) is 5.76. The molecule has 0 spiro atoms. The highest BCUT2D eigenvalue weighted by Crippen LogP contribution is 2.44. The number of aromatic carboxylic acids is 1. The van der Waals surface area contributed by atoms with Gasteiger partial charge in [0.05, 0.1) is 23.8 Å². The van der Waals surface area contributed by atoms with E-state index in [4.69, 9.17) is 9.84 Å². The number of alkyl carbamates (subject to hydrolysis) is 1. The van der Waals surface area contributed by atoms with Crippen molar-refractivity contribution in [2.75, 3.05) is 18.5 Å². The van der Waals surface area contributed by atoms with Crippen LogP contribution < -0.4 is 10.6 Å². The molecule has 5 N–H and O–H groups in total. The number of phenols is 1. The number of carboxylic acid groups (broad SMARTS) is 1. The zero-order valence-corrected chi connectivity index (χ0v) is 18.6. The summed E-state index contributed by atoms with van der Waals surface area (Å²) in [4.78, 5) is 35.4. The normalized spacial score (nSPS) is 12.8. The van der Waals surface area contributed by atoms with Crippen LogP contribution in [0, 0.1) is 0 Å². The average molecular weight is 476 g/mol. The first kappa shape index (κ1) is 23.8. The number of ether oxygens (including phenoxy) is 1. The van der Waals surface area contributed by atoms with Crippen LogP contribution in [0.3, 0.4) is 0 Å². The highest BCUT2D eigenvalue weighted by molar-refractivity contribution is 5.95. The Kier molecular flexibility index (Phi) is 6.98. The number of phenolic OH excluding ortho intramolecular Hbond substituents is 1. The molecule has 0 heterocycles. The van der Waals surface area contributed by atoms with E-state index in [2.05, 4.69) is 10.6 Å². The third-order valence-corrected chi connectivity index (χ3v) is 5.76. The zero-order chi connectivity index (χ0) is 24.9. The summed E-state index contributed by atoms with van der Waals surface area (Å²) in [6, 6.07) is 19.3. The number of nitrogens with one attached hydrogen (secondary N) is 2. The van der Waals surface area contributed by atoms with Gasteiger partial charge in [-0.1, -0.05) is 48.5 Å². The summed E-state index contributed by atoms with van der Waals surface area (Å²) in [6.07, 6.45) is -2.33. The van der Waals surface area contributed by atoms with Crippen molar-refractivity contribution < 1.29 is 34.4 Å². The minimum absolute atomic E-state index is 0.0911. The van der Waals surface area contributed by atoms with Gasteiger partial charge >= 0.3 is 12.1 Å². The molecule has 2 amide bonds. The lowest BCUT2D eigenvalue weighted by molar-refractivity contribution is -0.118. The lowest BCUT2D eigenvalue weighted by atomic mass is 9.98. The summed E-state index contributed by atoms with van der Waals surface area (Å²) in [6.45, 7) is -0.110. The highest BCUT2D eigenvalue weighted by Gasteiger charge is 2.29. The average Bonchev–Trinajstić information content (AvgIpc) is 3.16. The van der Waals surface area contributed by atoms with Gasteiger partial charge in [0.25, 0.3) is 0 Å². The van der Waals surface area contributed by atoms with Gasteiger partial charge in [0, 0.05) is 12.5 Å². The standard InChI is InChI=1S/C26H24N2O7/c29-16(12-24(31)28-22-11-15(25(32)33)9-10-23(22)30)13-27-26(34)35-14-21-19-7-3-1-5-17(19)18-6-2-4-8-20(18)21/h1-11,16,21,29-30H,12-14H2,(H,27,34)(H,28,31)(H,32,33). The van der Waals surface area contributed by atoms with Crippen LogP contribution in [0.25, 0.3) is 11.1 Å². The summed E-state index contributed by atoms with van der Waals surface area (Å²) in [5.41, 5.74) is 4.17. The van der Waals surface area contributed by atoms with Crippen LogP contribution >= 0.6 is 0 Å². The molecule has 1 aliphatic carbocycles. The summed E-state index contributed by atoms with van der Waals surface area (Å²) in [5, 5.41) is 33.7. The molecular weight excluding hydrogens is 452 g/mol. The number of rotatable bonds is 8. The smallest absolute Gasteiger partial charge is 0.407 e. The van der Waals surface area contributed by atoms with Crippen molar-refractivity contribution in [1.82, 2.24) is 5.32 Å². The van der Waals surface area contributed by atoms with Gasteiger partial charge in [-0.3, -0.25) is 4.79 Å². The van der Waals surface area contributed by atoms with E-state index in [1.165, 1.54) is 6.07 Å². The first-order valence-electron chi connectivity index (χ1n) is 11.0. The number of hydrogen-bond acceptors (Lipinski definition) is 6. The maximum absolute atomic E-state index is 12.2. The molecular formula is C26H24N2O7. The van der Waals surface area contributed by atoms with E-state index in [-0.39, 0.29) is 42.5 Å². The summed E-state index contributed by atoms with van der Waals surface area (Å²) in [7, 11) is 0. The second-order valence-electron chi connectivity index (χ2n) is 8.15. The Morgan fingerprint density at radius 2 is 1.57 bits per heavy atom. The van der Waals surface area contributed by atoms with Crippen LogP contribution in [0.1, 0.15) is 33.8 Å². The van der Waals surface area contributed by atoms with Crippen LogP contribution in [0.5, 0.6) is 5.75 Å². The molecule has 0 radical (unpaired) electrons. The van der Waals surface area contributed by atoms with Gasteiger partial charge in [0.2, 0.25) is 5.91 Å². The monoisotopic (exact) mass is 476 g/mol. The van der Waals surface area contributed by atoms with Crippen molar-refractivity contribution in [1.29, 1.82) is 0 Å². The largest absolute Gasteiger partial charge is 0.506 e. The Bertz CT molecular complexity index is 1230. The van der Waals surface area contributed by atoms with Crippen LogP contribution in [0.2, 0.25) is 0 Å². The molecule has 0 saturated carbocycles. The number of aromatic hydroxyl groups is 1. The topological polar surface area (TPSA) is 145 Å². The van der Waals surface area contributed by atoms with Gasteiger partial charge in [-0.15, -0.1) is 0 Å². The van der Waals surface area contributed by atoms with Crippen LogP contribution in [-0.4, -0.2) is 52.5 Å². The van der Waals surface area contributed by atoms with Crippen molar-refractivity contribution >= 4 is 23.7 Å². The van der Waals surface area contributed by atoms with Gasteiger partial charge in [-0.05, 0) is 40.5 Å². The third kappa shape index (κ3) is 5.42. The molecule has 0 aromatic heterocycles. The molecule has 1 atom stereocenters. The highest BCUT2D eigenvalue weighted by atomic mass is 16.5. The Hall–Kier alpha value is -4.37. The molecule has 3 aromatic carbocycles. The lowest BCUT2D eigenvalue weighted by Gasteiger charge is -2.16. The number of anilines is 1. The predicted octanol–water partition coefficient (Wildman–Crippen LogP) is 3.32. The number of carbonyl (C=O) groups is 3. The SMILES string of the molecule is O=C(CC(O)CNC(=O)OCC1c2ccccc2-c2ccccc21)Nc1cc(C(=O)O)ccc1O. The molecule has 0 bridgehead atoms. The number of hydrogen-bond donors (Lipinski definition) is 5. The molecule has 180 valence electrons. The quantitative estimate of drug-likeness (QED) is 0.314. The first-order valence-corrected chi connectivity index (χ1v) is 11.0. The summed E-state index contributed by atoms with van der Waals surface area (Å²) in [5.74, 6) is -2.29. The maximum Gasteiger partial charge on any atom is 0.407 e. The fourth-order valence-electron chi connectivity index (χ4n) is 4.11. The second kappa shape index (κ2) is 10.3. The van der Waals surface area contributed by atoms with Crippen LogP contribution in [-0.2, 0) is 9.53 Å². The van der Waals surface area contributed by atoms with Gasteiger partial charge in [0.15, 0.2) is 0 Å². The molecule has 4 rings (SSSR count). The van der Waals surface area contributed by atoms with E-state index in [9.17, 15) is 24.6 Å². The van der Waals surface area contributed by atoms with Crippen molar-refractivity contribution in [3.8, 4) is 16.9 Å². The van der Waals surface area contributed by atoms with Crippen LogP contribution in [0.15, 0.2) is 66.7 Å². The second-order valence-corrected chi connectivity index (χ2v) is 8.15. The zero-order valence-electron chi connectivity index (χ0n) is 18.6. The van der Waals surface area contributed by atoms with Crippen molar-refractivity contribution in [3.05, 3.63) is 83.4 Å². The Morgan fingerprint density at radius 3 is 2.20 bits per heavy atom. The van der Waals surface area contributed by atoms with Gasteiger partial charge < -0.3 is 30.7 Å². The summed E-state index contributed by atoms with van der Waals surface area (Å²) >= 11 is 0. The molecule has 0 fully saturated rings. The molecule has 3 aromatic rings. The van der Waals surface area contributed by atoms with Gasteiger partial charge in [-0.25, -0.2) is 9.59 Å². The minimum atomic E-state index is -1.22. The van der Waals surface area contributed by atoms with Gasteiger partial charge in [0.1, 0.15) is 12.4 Å². The lowest BCUT2D eigenvalue weighted by Crippen LogP contribution is -2.35. The van der Waals surface area contributed by atoms with E-state index in [1.54, 1.807) is 0 Å². The number of benzene rings is 3. The Balaban J connectivity index is 1.26. The molecule has 1 aliphatic rings. The van der Waals surface area contributed by atoms with Crippen molar-refractivity contribution in [2.45, 2.75) is 18.4 Å². The number of amides is 2. The first-order chi connectivity index (χ1) is 16.8. The number of fused-ring (bicyclic) bond motifs is 3. The van der Waals surface area contributed by atoms with Crippen molar-refractivity contribution in [3.63, 3.8) is 0 Å². The molecule has 9 nitrogen and oxygen atoms in total. The minimum Gasteiger partial charge on any atom is -0.506 e. The van der Waals surface area contributed by atoms with Crippen LogP contribution in [0.4, 0.5) is 10.5 Å². The molecule has 9 heteroatoms. The fraction of sp³-hybridized carbons (Fsp3) is 0.192. The number of carboxylic acids is 1. The Labute approximate surface area is 201 Å². The number of aliphatic hydroxyl groups is 1. The number of aliphatic hydroxyl groups excluding tert-OH is 1.